The van der Waals surface area contributed by atoms with Crippen LogP contribution in [-0.4, -0.2) is 21.9 Å². The number of hydrazone groups is 1. The predicted octanol–water partition coefficient (Wildman–Crippen LogP) is 5.03. The van der Waals surface area contributed by atoms with Crippen molar-refractivity contribution in [1.29, 1.82) is 0 Å². The highest BCUT2D eigenvalue weighted by molar-refractivity contribution is 8.02. The molecular weight excluding hydrogens is 382 g/mol. The summed E-state index contributed by atoms with van der Waals surface area (Å²) in [6.07, 6.45) is 0. The highest BCUT2D eigenvalue weighted by Crippen LogP contribution is 2.31. The molecule has 8 heteroatoms. The van der Waals surface area contributed by atoms with E-state index in [1.807, 2.05) is 50.2 Å². The van der Waals surface area contributed by atoms with E-state index in [0.717, 1.165) is 25.1 Å². The Bertz CT molecular complexity index is 870. The molecule has 2 aromatic heterocycles. The van der Waals surface area contributed by atoms with Crippen LogP contribution in [0.4, 0.5) is 0 Å². The number of rotatable bonds is 5. The lowest BCUT2D eigenvalue weighted by atomic mass is 10.3. The van der Waals surface area contributed by atoms with Crippen molar-refractivity contribution >= 4 is 67.9 Å². The third-order valence-electron chi connectivity index (χ3n) is 3.18. The van der Waals surface area contributed by atoms with Gasteiger partial charge < -0.3 is 0 Å². The van der Waals surface area contributed by atoms with Gasteiger partial charge in [0.25, 0.3) is 5.91 Å². The first-order chi connectivity index (χ1) is 11.5. The third kappa shape index (κ3) is 4.16. The first-order valence-electron chi connectivity index (χ1n) is 7.15. The van der Waals surface area contributed by atoms with Gasteiger partial charge in [0, 0.05) is 0 Å². The van der Waals surface area contributed by atoms with Crippen LogP contribution in [0.25, 0.3) is 10.2 Å². The quantitative estimate of drug-likeness (QED) is 0.374. The number of hydrogen-bond donors (Lipinski definition) is 1. The Labute approximate surface area is 156 Å². The predicted molar refractivity (Wildman–Crippen MR) is 105 cm³/mol. The van der Waals surface area contributed by atoms with Crippen molar-refractivity contribution in [1.82, 2.24) is 10.4 Å². The van der Waals surface area contributed by atoms with Crippen molar-refractivity contribution in [3.63, 3.8) is 0 Å². The molecule has 1 amide bonds. The van der Waals surface area contributed by atoms with Gasteiger partial charge in [-0.1, -0.05) is 35.5 Å². The molecule has 0 radical (unpaired) electrons. The largest absolute Gasteiger partial charge is 0.272 e. The average molecular weight is 396 g/mol. The van der Waals surface area contributed by atoms with Gasteiger partial charge >= 0.3 is 0 Å². The van der Waals surface area contributed by atoms with Gasteiger partial charge in [-0.2, -0.15) is 5.10 Å². The molecule has 0 saturated heterocycles. The summed E-state index contributed by atoms with van der Waals surface area (Å²) in [5, 5.41) is 3.87. The lowest BCUT2D eigenvalue weighted by Crippen LogP contribution is -2.27. The molecule has 3 aromatic rings. The number of thiophene rings is 1. The molecular formula is C16H14ClN3OS3. The zero-order valence-corrected chi connectivity index (χ0v) is 16.2. The number of carbonyl (C=O) groups excluding carboxylic acids is 1. The van der Waals surface area contributed by atoms with Gasteiger partial charge in [0.05, 0.1) is 30.4 Å². The van der Waals surface area contributed by atoms with Gasteiger partial charge in [-0.15, -0.1) is 22.7 Å². The van der Waals surface area contributed by atoms with Gasteiger partial charge in [0.15, 0.2) is 4.34 Å². The summed E-state index contributed by atoms with van der Waals surface area (Å²) in [6.45, 7) is 3.69. The number of para-hydroxylation sites is 1. The fourth-order valence-corrected chi connectivity index (χ4v) is 5.09. The molecule has 1 N–H and O–H groups in total. The molecule has 1 atom stereocenters. The first kappa shape index (κ1) is 17.4. The molecule has 4 nitrogen and oxygen atoms in total. The SMILES string of the molecule is C/C(=N\NC(=O)C(C)Sc1nc2ccccc2s1)c1ccc(Cl)s1. The molecule has 1 unspecified atom stereocenters. The van der Waals surface area contributed by atoms with E-state index in [4.69, 9.17) is 11.6 Å². The Morgan fingerprint density at radius 1 is 1.29 bits per heavy atom. The number of nitrogens with one attached hydrogen (secondary N) is 1. The second kappa shape index (κ2) is 7.65. The van der Waals surface area contributed by atoms with Crippen LogP contribution >= 0.6 is 46.0 Å². The molecule has 2 heterocycles. The van der Waals surface area contributed by atoms with E-state index >= 15 is 0 Å². The van der Waals surface area contributed by atoms with Crippen LogP contribution in [0.3, 0.4) is 0 Å². The zero-order valence-electron chi connectivity index (χ0n) is 12.9. The van der Waals surface area contributed by atoms with Crippen molar-refractivity contribution in [2.75, 3.05) is 0 Å². The summed E-state index contributed by atoms with van der Waals surface area (Å²) in [5.74, 6) is -0.152. The lowest BCUT2D eigenvalue weighted by molar-refractivity contribution is -0.120. The summed E-state index contributed by atoms with van der Waals surface area (Å²) in [6, 6.07) is 11.6. The molecule has 1 aromatic carbocycles. The Hall–Kier alpha value is -1.41. The summed E-state index contributed by atoms with van der Waals surface area (Å²) < 4.78 is 2.70. The van der Waals surface area contributed by atoms with E-state index in [1.54, 1.807) is 11.3 Å². The van der Waals surface area contributed by atoms with Crippen LogP contribution in [0, 0.1) is 0 Å². The van der Waals surface area contributed by atoms with E-state index in [1.165, 1.54) is 23.1 Å². The minimum absolute atomic E-state index is 0.152. The molecule has 0 aliphatic carbocycles. The monoisotopic (exact) mass is 395 g/mol. The van der Waals surface area contributed by atoms with Crippen molar-refractivity contribution < 1.29 is 4.79 Å². The van der Waals surface area contributed by atoms with E-state index in [2.05, 4.69) is 15.5 Å². The highest BCUT2D eigenvalue weighted by Gasteiger charge is 2.16. The number of benzene rings is 1. The lowest BCUT2D eigenvalue weighted by Gasteiger charge is -2.07. The van der Waals surface area contributed by atoms with Gasteiger partial charge in [-0.25, -0.2) is 10.4 Å². The molecule has 0 spiro atoms. The van der Waals surface area contributed by atoms with Gasteiger partial charge in [0.1, 0.15) is 0 Å². The Kier molecular flexibility index (Phi) is 5.55. The van der Waals surface area contributed by atoms with E-state index in [0.29, 0.717) is 4.34 Å². The fourth-order valence-electron chi connectivity index (χ4n) is 1.90. The van der Waals surface area contributed by atoms with E-state index in [-0.39, 0.29) is 11.2 Å². The number of carbonyl (C=O) groups is 1. The zero-order chi connectivity index (χ0) is 17.1. The molecule has 0 aliphatic rings. The number of thiazole rings is 1. The molecule has 0 aliphatic heterocycles. The first-order valence-corrected chi connectivity index (χ1v) is 10.0. The van der Waals surface area contributed by atoms with Crippen LogP contribution in [0.2, 0.25) is 4.34 Å². The molecule has 124 valence electrons. The average Bonchev–Trinajstić information content (AvgIpc) is 3.17. The normalized spacial score (nSPS) is 13.2. The molecule has 3 rings (SSSR count). The number of hydrogen-bond acceptors (Lipinski definition) is 6. The van der Waals surface area contributed by atoms with Gasteiger partial charge in [-0.3, -0.25) is 4.79 Å². The summed E-state index contributed by atoms with van der Waals surface area (Å²) in [5.41, 5.74) is 4.31. The van der Waals surface area contributed by atoms with E-state index in [9.17, 15) is 4.79 Å². The van der Waals surface area contributed by atoms with Crippen LogP contribution in [0.5, 0.6) is 0 Å². The molecule has 0 bridgehead atoms. The van der Waals surface area contributed by atoms with Crippen LogP contribution < -0.4 is 5.43 Å². The van der Waals surface area contributed by atoms with Gasteiger partial charge in [-0.05, 0) is 38.1 Å². The van der Waals surface area contributed by atoms with Crippen molar-refractivity contribution in [2.45, 2.75) is 23.4 Å². The maximum absolute atomic E-state index is 12.2. The number of thioether (sulfide) groups is 1. The molecule has 0 fully saturated rings. The number of amides is 1. The second-order valence-corrected chi connectivity index (χ2v) is 9.32. The summed E-state index contributed by atoms with van der Waals surface area (Å²) in [7, 11) is 0. The smallest absolute Gasteiger partial charge is 0.253 e. The number of halogens is 1. The number of nitrogens with zero attached hydrogens (tertiary/aromatic N) is 2. The Morgan fingerprint density at radius 2 is 2.08 bits per heavy atom. The minimum atomic E-state index is -0.283. The third-order valence-corrected chi connectivity index (χ3v) is 6.75. The van der Waals surface area contributed by atoms with Crippen LogP contribution in [-0.2, 0) is 4.79 Å². The topological polar surface area (TPSA) is 54.4 Å². The van der Waals surface area contributed by atoms with Crippen molar-refractivity contribution in [3.8, 4) is 0 Å². The highest BCUT2D eigenvalue weighted by atomic mass is 35.5. The second-order valence-electron chi connectivity index (χ2n) is 4.98. The van der Waals surface area contributed by atoms with Crippen LogP contribution in [0.1, 0.15) is 18.7 Å². The fraction of sp³-hybridized carbons (Fsp3) is 0.188. The van der Waals surface area contributed by atoms with Crippen molar-refractivity contribution in [3.05, 3.63) is 45.6 Å². The van der Waals surface area contributed by atoms with Crippen LogP contribution in [0.15, 0.2) is 45.8 Å². The Morgan fingerprint density at radius 3 is 2.79 bits per heavy atom. The van der Waals surface area contributed by atoms with E-state index < -0.39 is 0 Å². The maximum Gasteiger partial charge on any atom is 0.253 e. The summed E-state index contributed by atoms with van der Waals surface area (Å²) in [4.78, 5) is 17.7. The number of fused-ring (bicyclic) bond motifs is 1. The Balaban J connectivity index is 1.62. The van der Waals surface area contributed by atoms with Gasteiger partial charge in [0.2, 0.25) is 0 Å². The summed E-state index contributed by atoms with van der Waals surface area (Å²) >= 11 is 10.4. The number of aromatic nitrogens is 1. The molecule has 0 saturated carbocycles. The molecule has 24 heavy (non-hydrogen) atoms. The van der Waals surface area contributed by atoms with Crippen molar-refractivity contribution in [2.24, 2.45) is 5.10 Å². The minimum Gasteiger partial charge on any atom is -0.272 e. The standard InChI is InChI=1S/C16H14ClN3OS3/c1-9(12-7-8-14(17)23-12)19-20-15(21)10(2)22-16-18-11-5-3-4-6-13(11)24-16/h3-8,10H,1-2H3,(H,20,21)/b19-9+. The maximum atomic E-state index is 12.2.